The van der Waals surface area contributed by atoms with Crippen molar-refractivity contribution in [3.05, 3.63) is 81.8 Å². The maximum absolute atomic E-state index is 13.5. The van der Waals surface area contributed by atoms with E-state index >= 15 is 0 Å². The zero-order valence-electron chi connectivity index (χ0n) is 18.2. The second-order valence-corrected chi connectivity index (χ2v) is 7.66. The Labute approximate surface area is 173 Å². The number of ketones is 1. The highest BCUT2D eigenvalue weighted by atomic mass is 16.1. The number of para-hydroxylation sites is 1. The highest BCUT2D eigenvalue weighted by Crippen LogP contribution is 2.30. The van der Waals surface area contributed by atoms with Crippen molar-refractivity contribution < 1.29 is 4.79 Å². The van der Waals surface area contributed by atoms with Crippen molar-refractivity contribution in [2.45, 2.75) is 48.0 Å². The van der Waals surface area contributed by atoms with E-state index in [0.717, 1.165) is 52.3 Å². The van der Waals surface area contributed by atoms with Gasteiger partial charge < -0.3 is 4.90 Å². The molecule has 0 radical (unpaired) electrons. The average molecular weight is 388 g/mol. The van der Waals surface area contributed by atoms with E-state index in [9.17, 15) is 4.79 Å². The van der Waals surface area contributed by atoms with E-state index in [1.54, 1.807) is 0 Å². The van der Waals surface area contributed by atoms with Crippen LogP contribution in [0.2, 0.25) is 0 Å². The number of aryl methyl sites for hydroxylation is 4. The van der Waals surface area contributed by atoms with Crippen LogP contribution in [0.15, 0.2) is 42.5 Å². The highest BCUT2D eigenvalue weighted by molar-refractivity contribution is 6.11. The Hall–Kier alpha value is -3.01. The number of carbonyl (C=O) groups is 1. The van der Waals surface area contributed by atoms with Crippen LogP contribution in [-0.2, 0) is 0 Å². The van der Waals surface area contributed by atoms with Gasteiger partial charge in [-0.25, -0.2) is 9.97 Å². The van der Waals surface area contributed by atoms with Crippen LogP contribution >= 0.6 is 0 Å². The first-order valence-corrected chi connectivity index (χ1v) is 10.1. The zero-order valence-corrected chi connectivity index (χ0v) is 18.2. The molecule has 0 amide bonds. The molecule has 1 aromatic heterocycles. The summed E-state index contributed by atoms with van der Waals surface area (Å²) in [5, 5.41) is 0. The molecule has 29 heavy (non-hydrogen) atoms. The van der Waals surface area contributed by atoms with Gasteiger partial charge in [0.25, 0.3) is 0 Å². The molecule has 4 nitrogen and oxygen atoms in total. The van der Waals surface area contributed by atoms with Gasteiger partial charge in [0.1, 0.15) is 17.3 Å². The Morgan fingerprint density at radius 2 is 1.55 bits per heavy atom. The third kappa shape index (κ3) is 4.21. The lowest BCUT2D eigenvalue weighted by Crippen LogP contribution is -2.23. The van der Waals surface area contributed by atoms with Crippen molar-refractivity contribution in [3.8, 4) is 0 Å². The Balaban J connectivity index is 2.16. The Kier molecular flexibility index (Phi) is 6.12. The fraction of sp³-hybridized carbons (Fsp3) is 0.320. The fourth-order valence-corrected chi connectivity index (χ4v) is 3.94. The number of nitrogens with zero attached hydrogens (tertiary/aromatic N) is 3. The molecule has 0 N–H and O–H groups in total. The lowest BCUT2D eigenvalue weighted by atomic mass is 9.94. The van der Waals surface area contributed by atoms with Crippen molar-refractivity contribution in [2.75, 3.05) is 11.4 Å². The van der Waals surface area contributed by atoms with E-state index in [-0.39, 0.29) is 5.78 Å². The summed E-state index contributed by atoms with van der Waals surface area (Å²) in [6, 6.07) is 14.3. The predicted molar refractivity (Wildman–Crippen MR) is 119 cm³/mol. The Bertz CT molecular complexity index is 1020. The molecule has 0 spiro atoms. The lowest BCUT2D eigenvalue weighted by Gasteiger charge is -2.26. The minimum atomic E-state index is -0.0336. The summed E-state index contributed by atoms with van der Waals surface area (Å²) < 4.78 is 0. The molecule has 0 bridgehead atoms. The van der Waals surface area contributed by atoms with Gasteiger partial charge >= 0.3 is 0 Å². The number of benzene rings is 2. The molecule has 150 valence electrons. The van der Waals surface area contributed by atoms with Crippen molar-refractivity contribution in [1.29, 1.82) is 0 Å². The van der Waals surface area contributed by atoms with Crippen LogP contribution in [0.3, 0.4) is 0 Å². The quantitative estimate of drug-likeness (QED) is 0.502. The predicted octanol–water partition coefficient (Wildman–Crippen LogP) is 5.80. The molecule has 0 atom stereocenters. The van der Waals surface area contributed by atoms with Gasteiger partial charge in [0.15, 0.2) is 0 Å². The number of anilines is 2. The summed E-state index contributed by atoms with van der Waals surface area (Å²) >= 11 is 0. The Morgan fingerprint density at radius 1 is 0.931 bits per heavy atom. The van der Waals surface area contributed by atoms with Crippen molar-refractivity contribution >= 4 is 17.3 Å². The normalized spacial score (nSPS) is 10.8. The second kappa shape index (κ2) is 8.56. The van der Waals surface area contributed by atoms with Crippen LogP contribution in [-0.4, -0.2) is 22.3 Å². The summed E-state index contributed by atoms with van der Waals surface area (Å²) in [5.74, 6) is 1.37. The Morgan fingerprint density at radius 3 is 2.14 bits per heavy atom. The number of carbonyl (C=O) groups excluding carboxylic acids is 1. The molecule has 0 saturated carbocycles. The summed E-state index contributed by atoms with van der Waals surface area (Å²) in [4.78, 5) is 25.0. The van der Waals surface area contributed by atoms with E-state index in [2.05, 4.69) is 48.0 Å². The van der Waals surface area contributed by atoms with Crippen LogP contribution in [0, 0.1) is 34.6 Å². The standard InChI is InChI=1S/C25H29N3O/c1-7-13-28(21-11-9-8-10-12-21)25-19(5)23(26-20(6)27-25)24(29)22-17(3)14-16(2)15-18(22)4/h8-12,14-15H,7,13H2,1-6H3. The maximum atomic E-state index is 13.5. The minimum absolute atomic E-state index is 0.0336. The smallest absolute Gasteiger partial charge is 0.212 e. The van der Waals surface area contributed by atoms with E-state index in [4.69, 9.17) is 4.98 Å². The highest BCUT2D eigenvalue weighted by Gasteiger charge is 2.23. The largest absolute Gasteiger partial charge is 0.326 e. The summed E-state index contributed by atoms with van der Waals surface area (Å²) in [6.45, 7) is 12.8. The topological polar surface area (TPSA) is 46.1 Å². The molecule has 0 unspecified atom stereocenters. The summed E-state index contributed by atoms with van der Waals surface area (Å²) in [7, 11) is 0. The first kappa shape index (κ1) is 20.7. The van der Waals surface area contributed by atoms with E-state index < -0.39 is 0 Å². The SMILES string of the molecule is CCCN(c1ccccc1)c1nc(C)nc(C(=O)c2c(C)cc(C)cc2C)c1C. The molecule has 2 aromatic carbocycles. The molecule has 1 heterocycles. The molecule has 0 fully saturated rings. The first-order valence-electron chi connectivity index (χ1n) is 10.1. The van der Waals surface area contributed by atoms with Gasteiger partial charge in [-0.2, -0.15) is 0 Å². The monoisotopic (exact) mass is 387 g/mol. The van der Waals surface area contributed by atoms with E-state index in [0.29, 0.717) is 11.5 Å². The van der Waals surface area contributed by atoms with E-state index in [1.165, 1.54) is 0 Å². The molecule has 3 aromatic rings. The first-order chi connectivity index (χ1) is 13.8. The van der Waals surface area contributed by atoms with Gasteiger partial charge in [-0.1, -0.05) is 42.8 Å². The van der Waals surface area contributed by atoms with Crippen LogP contribution in [0.4, 0.5) is 11.5 Å². The van der Waals surface area contributed by atoms with E-state index in [1.807, 2.05) is 45.9 Å². The van der Waals surface area contributed by atoms with Crippen LogP contribution in [0.1, 0.15) is 57.5 Å². The molecular formula is C25H29N3O. The lowest BCUT2D eigenvalue weighted by molar-refractivity contribution is 0.103. The zero-order chi connectivity index (χ0) is 21.1. The molecule has 0 aliphatic carbocycles. The van der Waals surface area contributed by atoms with Gasteiger partial charge in [0, 0.05) is 23.4 Å². The van der Waals surface area contributed by atoms with Gasteiger partial charge in [-0.3, -0.25) is 4.79 Å². The minimum Gasteiger partial charge on any atom is -0.326 e. The number of aromatic nitrogens is 2. The molecule has 0 aliphatic rings. The maximum Gasteiger partial charge on any atom is 0.212 e. The van der Waals surface area contributed by atoms with Crippen LogP contribution in [0.25, 0.3) is 0 Å². The van der Waals surface area contributed by atoms with Gasteiger partial charge in [0.2, 0.25) is 5.78 Å². The van der Waals surface area contributed by atoms with Crippen molar-refractivity contribution in [3.63, 3.8) is 0 Å². The summed E-state index contributed by atoms with van der Waals surface area (Å²) in [5.41, 5.74) is 6.24. The molecular weight excluding hydrogens is 358 g/mol. The molecule has 0 aliphatic heterocycles. The third-order valence-electron chi connectivity index (χ3n) is 5.12. The van der Waals surface area contributed by atoms with Crippen LogP contribution < -0.4 is 4.90 Å². The van der Waals surface area contributed by atoms with Gasteiger partial charge in [-0.15, -0.1) is 0 Å². The summed E-state index contributed by atoms with van der Waals surface area (Å²) in [6.07, 6.45) is 0.969. The third-order valence-corrected chi connectivity index (χ3v) is 5.12. The molecule has 0 saturated heterocycles. The number of hydrogen-bond donors (Lipinski definition) is 0. The van der Waals surface area contributed by atoms with Gasteiger partial charge in [0.05, 0.1) is 0 Å². The van der Waals surface area contributed by atoms with Crippen molar-refractivity contribution in [2.24, 2.45) is 0 Å². The van der Waals surface area contributed by atoms with Crippen molar-refractivity contribution in [1.82, 2.24) is 9.97 Å². The second-order valence-electron chi connectivity index (χ2n) is 7.66. The average Bonchev–Trinajstić information content (AvgIpc) is 2.67. The fourth-order valence-electron chi connectivity index (χ4n) is 3.94. The molecule has 3 rings (SSSR count). The van der Waals surface area contributed by atoms with Crippen LogP contribution in [0.5, 0.6) is 0 Å². The van der Waals surface area contributed by atoms with Gasteiger partial charge in [-0.05, 0) is 64.3 Å². The molecule has 4 heteroatoms. The number of hydrogen-bond acceptors (Lipinski definition) is 4. The number of rotatable bonds is 6.